The van der Waals surface area contributed by atoms with Gasteiger partial charge in [0.05, 0.1) is 18.8 Å². The lowest BCUT2D eigenvalue weighted by molar-refractivity contribution is 0.174. The number of rotatable bonds is 5. The summed E-state index contributed by atoms with van der Waals surface area (Å²) in [5.74, 6) is 2.27. The molecule has 7 nitrogen and oxygen atoms in total. The lowest BCUT2D eigenvalue weighted by Crippen LogP contribution is -2.30. The number of hydrogen-bond donors (Lipinski definition) is 1. The van der Waals surface area contributed by atoms with E-state index in [1.165, 1.54) is 0 Å². The average molecular weight is 471 g/mol. The fraction of sp³-hybridized carbons (Fsp3) is 0.154. The number of hydrogen-bond acceptors (Lipinski definition) is 5. The van der Waals surface area contributed by atoms with Gasteiger partial charge in [0.15, 0.2) is 16.6 Å². The van der Waals surface area contributed by atoms with Gasteiger partial charge in [0, 0.05) is 35.5 Å². The van der Waals surface area contributed by atoms with E-state index in [-0.39, 0.29) is 18.9 Å². The SMILES string of the molecule is COc1ccc(-n2cccc2[C@H]2[C@H](c3ccccn3)NC(=S)N2c2ccc3c(c2)OCO3)cc1. The number of fused-ring (bicyclic) bond motifs is 1. The Morgan fingerprint density at radius 1 is 0.971 bits per heavy atom. The summed E-state index contributed by atoms with van der Waals surface area (Å²) in [5, 5.41) is 4.14. The molecule has 2 aromatic heterocycles. The van der Waals surface area contributed by atoms with E-state index in [0.29, 0.717) is 10.9 Å². The number of pyridine rings is 1. The van der Waals surface area contributed by atoms with Crippen molar-refractivity contribution in [2.75, 3.05) is 18.8 Å². The molecule has 34 heavy (non-hydrogen) atoms. The van der Waals surface area contributed by atoms with E-state index >= 15 is 0 Å². The number of methoxy groups -OCH3 is 1. The monoisotopic (exact) mass is 470 g/mol. The summed E-state index contributed by atoms with van der Waals surface area (Å²) in [5.41, 5.74) is 3.95. The van der Waals surface area contributed by atoms with Crippen molar-refractivity contribution < 1.29 is 14.2 Å². The normalized spacial score (nSPS) is 18.7. The number of thiocarbonyl (C=S) groups is 1. The number of nitrogens with zero attached hydrogens (tertiary/aromatic N) is 3. The molecule has 2 aliphatic heterocycles. The van der Waals surface area contributed by atoms with Gasteiger partial charge in [0.1, 0.15) is 11.8 Å². The summed E-state index contributed by atoms with van der Waals surface area (Å²) in [6, 6.07) is 23.7. The quantitative estimate of drug-likeness (QED) is 0.421. The first kappa shape index (κ1) is 20.6. The van der Waals surface area contributed by atoms with E-state index in [1.807, 2.05) is 72.9 Å². The van der Waals surface area contributed by atoms with Crippen molar-refractivity contribution >= 4 is 23.0 Å². The zero-order valence-electron chi connectivity index (χ0n) is 18.4. The van der Waals surface area contributed by atoms with Crippen LogP contribution in [0.1, 0.15) is 23.5 Å². The Balaban J connectivity index is 1.48. The van der Waals surface area contributed by atoms with Crippen molar-refractivity contribution in [3.05, 3.63) is 96.6 Å². The number of ether oxygens (including phenoxy) is 3. The molecule has 0 radical (unpaired) electrons. The third-order valence-corrected chi connectivity index (χ3v) is 6.48. The van der Waals surface area contributed by atoms with Crippen LogP contribution in [0.2, 0.25) is 0 Å². The van der Waals surface area contributed by atoms with Crippen LogP contribution in [0.15, 0.2) is 85.2 Å². The predicted molar refractivity (Wildman–Crippen MR) is 133 cm³/mol. The van der Waals surface area contributed by atoms with E-state index in [4.69, 9.17) is 26.4 Å². The smallest absolute Gasteiger partial charge is 0.231 e. The molecular formula is C26H22N4O3S. The molecule has 1 fully saturated rings. The maximum Gasteiger partial charge on any atom is 0.231 e. The van der Waals surface area contributed by atoms with Gasteiger partial charge < -0.3 is 29.0 Å². The summed E-state index contributed by atoms with van der Waals surface area (Å²) in [6.07, 6.45) is 3.87. The molecule has 4 heterocycles. The third kappa shape index (κ3) is 3.43. The number of nitrogens with one attached hydrogen (secondary N) is 1. The van der Waals surface area contributed by atoms with E-state index in [0.717, 1.165) is 34.3 Å². The van der Waals surface area contributed by atoms with Gasteiger partial charge in [-0.1, -0.05) is 6.07 Å². The third-order valence-electron chi connectivity index (χ3n) is 6.17. The number of benzene rings is 2. The second kappa shape index (κ2) is 8.39. The van der Waals surface area contributed by atoms with Crippen LogP contribution in [0.4, 0.5) is 5.69 Å². The molecule has 0 aliphatic carbocycles. The van der Waals surface area contributed by atoms with Crippen molar-refractivity contribution in [3.63, 3.8) is 0 Å². The minimum absolute atomic E-state index is 0.147. The van der Waals surface area contributed by atoms with E-state index in [2.05, 4.69) is 32.0 Å². The highest BCUT2D eigenvalue weighted by Crippen LogP contribution is 2.44. The highest BCUT2D eigenvalue weighted by atomic mass is 32.1. The maximum atomic E-state index is 5.86. The maximum absolute atomic E-state index is 5.86. The summed E-state index contributed by atoms with van der Waals surface area (Å²) < 4.78 is 18.7. The van der Waals surface area contributed by atoms with Crippen LogP contribution in [0.3, 0.4) is 0 Å². The Morgan fingerprint density at radius 3 is 2.59 bits per heavy atom. The van der Waals surface area contributed by atoms with Gasteiger partial charge in [-0.05, 0) is 72.9 Å². The second-order valence-electron chi connectivity index (χ2n) is 8.04. The largest absolute Gasteiger partial charge is 0.497 e. The lowest BCUT2D eigenvalue weighted by atomic mass is 10.0. The molecule has 0 spiro atoms. The predicted octanol–water partition coefficient (Wildman–Crippen LogP) is 4.79. The molecule has 0 bridgehead atoms. The molecule has 4 aromatic rings. The summed E-state index contributed by atoms with van der Waals surface area (Å²) in [4.78, 5) is 6.78. The fourth-order valence-electron chi connectivity index (χ4n) is 4.58. The van der Waals surface area contributed by atoms with Crippen LogP contribution >= 0.6 is 12.2 Å². The fourth-order valence-corrected chi connectivity index (χ4v) is 4.93. The number of anilines is 1. The minimum atomic E-state index is -0.153. The Kier molecular flexibility index (Phi) is 5.07. The zero-order chi connectivity index (χ0) is 23.1. The van der Waals surface area contributed by atoms with Gasteiger partial charge in [-0.15, -0.1) is 0 Å². The average Bonchev–Trinajstić information content (AvgIpc) is 3.62. The van der Waals surface area contributed by atoms with Crippen LogP contribution in [0.5, 0.6) is 17.2 Å². The van der Waals surface area contributed by atoms with E-state index in [1.54, 1.807) is 7.11 Å². The van der Waals surface area contributed by atoms with Gasteiger partial charge in [-0.3, -0.25) is 4.98 Å². The summed E-state index contributed by atoms with van der Waals surface area (Å²) in [7, 11) is 1.67. The van der Waals surface area contributed by atoms with Crippen LogP contribution in [0.25, 0.3) is 5.69 Å². The minimum Gasteiger partial charge on any atom is -0.497 e. The second-order valence-corrected chi connectivity index (χ2v) is 8.42. The zero-order valence-corrected chi connectivity index (χ0v) is 19.2. The standard InChI is InChI=1S/C26H22N4O3S/c1-31-19-10-7-17(8-11-19)29-14-4-6-21(29)25-24(20-5-2-3-13-27-20)28-26(34)30(25)18-9-12-22-23(15-18)33-16-32-22/h2-15,24-25H,16H2,1H3,(H,28,34)/t24-,25-/m0/s1. The van der Waals surface area contributed by atoms with Crippen LogP contribution in [-0.4, -0.2) is 28.6 Å². The van der Waals surface area contributed by atoms with Gasteiger partial charge in [0.25, 0.3) is 0 Å². The van der Waals surface area contributed by atoms with Crippen molar-refractivity contribution in [1.29, 1.82) is 0 Å². The first-order valence-corrected chi connectivity index (χ1v) is 11.4. The Bertz CT molecular complexity index is 1340. The summed E-state index contributed by atoms with van der Waals surface area (Å²) in [6.45, 7) is 0.224. The first-order chi connectivity index (χ1) is 16.7. The van der Waals surface area contributed by atoms with Crippen molar-refractivity contribution in [1.82, 2.24) is 14.9 Å². The molecule has 0 saturated carbocycles. The topological polar surface area (TPSA) is 60.8 Å². The van der Waals surface area contributed by atoms with Crippen molar-refractivity contribution in [2.45, 2.75) is 12.1 Å². The highest BCUT2D eigenvalue weighted by molar-refractivity contribution is 7.80. The number of aromatic nitrogens is 2. The summed E-state index contributed by atoms with van der Waals surface area (Å²) >= 11 is 5.86. The molecule has 2 aliphatic rings. The van der Waals surface area contributed by atoms with Crippen molar-refractivity contribution in [2.24, 2.45) is 0 Å². The van der Waals surface area contributed by atoms with Crippen molar-refractivity contribution in [3.8, 4) is 22.9 Å². The lowest BCUT2D eigenvalue weighted by Gasteiger charge is -2.29. The molecule has 1 N–H and O–H groups in total. The molecule has 2 aromatic carbocycles. The molecule has 2 atom stereocenters. The molecule has 0 unspecified atom stereocenters. The van der Waals surface area contributed by atoms with Gasteiger partial charge in [-0.2, -0.15) is 0 Å². The highest BCUT2D eigenvalue weighted by Gasteiger charge is 2.42. The first-order valence-electron chi connectivity index (χ1n) is 10.9. The van der Waals surface area contributed by atoms with Crippen LogP contribution < -0.4 is 24.4 Å². The molecule has 6 rings (SSSR count). The molecule has 8 heteroatoms. The van der Waals surface area contributed by atoms with E-state index < -0.39 is 0 Å². The molecule has 1 saturated heterocycles. The van der Waals surface area contributed by atoms with E-state index in [9.17, 15) is 0 Å². The van der Waals surface area contributed by atoms with Gasteiger partial charge >= 0.3 is 0 Å². The van der Waals surface area contributed by atoms with Gasteiger partial charge in [0.2, 0.25) is 6.79 Å². The van der Waals surface area contributed by atoms with Gasteiger partial charge in [-0.25, -0.2) is 0 Å². The van der Waals surface area contributed by atoms with Crippen LogP contribution in [0, 0.1) is 0 Å². The van der Waals surface area contributed by atoms with Crippen LogP contribution in [-0.2, 0) is 0 Å². The Morgan fingerprint density at radius 2 is 1.79 bits per heavy atom. The molecule has 0 amide bonds. The Labute approximate surface area is 202 Å². The molecular weight excluding hydrogens is 448 g/mol. The Hall–Kier alpha value is -4.04. The molecule has 170 valence electrons.